The third kappa shape index (κ3) is 6.47. The fourth-order valence-electron chi connectivity index (χ4n) is 3.19. The number of esters is 1. The Bertz CT molecular complexity index is 1190. The van der Waals surface area contributed by atoms with Crippen molar-refractivity contribution in [3.05, 3.63) is 101 Å². The number of ether oxygens (including phenoxy) is 1. The van der Waals surface area contributed by atoms with Crippen LogP contribution < -0.4 is 5.14 Å². The largest absolute Gasteiger partial charge is 0.449 e. The average molecular weight is 471 g/mol. The molecule has 2 N–H and O–H groups in total. The van der Waals surface area contributed by atoms with Crippen LogP contribution in [0, 0.1) is 5.82 Å². The SMILES string of the molecule is CC(OC(=O)c1cc(S(N)(=O)=O)ccc1F)C(=O)N(Cc1ccccc1)Cc1ccccc1. The fraction of sp³-hybridized carbons (Fsp3) is 0.167. The number of nitrogens with two attached hydrogens (primary N) is 1. The minimum Gasteiger partial charge on any atom is -0.449 e. The van der Waals surface area contributed by atoms with Crippen molar-refractivity contribution in [2.24, 2.45) is 5.14 Å². The van der Waals surface area contributed by atoms with E-state index in [0.717, 1.165) is 29.3 Å². The van der Waals surface area contributed by atoms with Gasteiger partial charge in [0.15, 0.2) is 6.10 Å². The molecule has 1 amide bonds. The van der Waals surface area contributed by atoms with Gasteiger partial charge < -0.3 is 9.64 Å². The van der Waals surface area contributed by atoms with Crippen LogP contribution in [0.1, 0.15) is 28.4 Å². The maximum atomic E-state index is 14.2. The summed E-state index contributed by atoms with van der Waals surface area (Å²) in [6.07, 6.45) is -1.25. The van der Waals surface area contributed by atoms with Gasteiger partial charge in [0.25, 0.3) is 5.91 Å². The third-order valence-corrected chi connectivity index (χ3v) is 5.77. The van der Waals surface area contributed by atoms with Gasteiger partial charge in [-0.05, 0) is 36.2 Å². The lowest BCUT2D eigenvalue weighted by atomic mass is 10.1. The van der Waals surface area contributed by atoms with Gasteiger partial charge in [0.1, 0.15) is 5.82 Å². The summed E-state index contributed by atoms with van der Waals surface area (Å²) in [7, 11) is -4.15. The molecule has 3 rings (SSSR count). The van der Waals surface area contributed by atoms with Gasteiger partial charge in [0.2, 0.25) is 10.0 Å². The lowest BCUT2D eigenvalue weighted by Crippen LogP contribution is -2.39. The molecule has 1 atom stereocenters. The summed E-state index contributed by atoms with van der Waals surface area (Å²) in [4.78, 5) is 26.8. The maximum absolute atomic E-state index is 14.2. The zero-order chi connectivity index (χ0) is 24.0. The number of rotatable bonds is 8. The van der Waals surface area contributed by atoms with Gasteiger partial charge in [0.05, 0.1) is 10.5 Å². The number of benzene rings is 3. The zero-order valence-electron chi connectivity index (χ0n) is 17.8. The quantitative estimate of drug-likeness (QED) is 0.509. The molecule has 0 saturated heterocycles. The van der Waals surface area contributed by atoms with Gasteiger partial charge in [-0.2, -0.15) is 0 Å². The highest BCUT2D eigenvalue weighted by Gasteiger charge is 2.27. The van der Waals surface area contributed by atoms with Crippen molar-refractivity contribution in [2.75, 3.05) is 0 Å². The number of sulfonamides is 1. The summed E-state index contributed by atoms with van der Waals surface area (Å²) in [6, 6.07) is 21.2. The number of halogens is 1. The predicted octanol–water partition coefficient (Wildman–Crippen LogP) is 3.25. The van der Waals surface area contributed by atoms with E-state index in [4.69, 9.17) is 9.88 Å². The Hall–Kier alpha value is -3.56. The molecular formula is C24H23FN2O5S. The molecule has 0 heterocycles. The predicted molar refractivity (Wildman–Crippen MR) is 120 cm³/mol. The molecule has 1 unspecified atom stereocenters. The highest BCUT2D eigenvalue weighted by Crippen LogP contribution is 2.18. The Morgan fingerprint density at radius 1 is 0.939 bits per heavy atom. The van der Waals surface area contributed by atoms with Crippen molar-refractivity contribution in [1.29, 1.82) is 0 Å². The molecule has 0 aliphatic rings. The highest BCUT2D eigenvalue weighted by molar-refractivity contribution is 7.89. The molecule has 0 saturated carbocycles. The summed E-state index contributed by atoms with van der Waals surface area (Å²) in [5.74, 6) is -2.64. The minimum atomic E-state index is -4.15. The van der Waals surface area contributed by atoms with Crippen LogP contribution in [0.3, 0.4) is 0 Å². The van der Waals surface area contributed by atoms with E-state index >= 15 is 0 Å². The molecule has 9 heteroatoms. The van der Waals surface area contributed by atoms with Crippen molar-refractivity contribution in [2.45, 2.75) is 31.0 Å². The Labute approximate surface area is 191 Å². The zero-order valence-corrected chi connectivity index (χ0v) is 18.7. The van der Waals surface area contributed by atoms with Gasteiger partial charge in [-0.3, -0.25) is 4.79 Å². The van der Waals surface area contributed by atoms with Gasteiger partial charge in [-0.25, -0.2) is 22.7 Å². The van der Waals surface area contributed by atoms with Crippen molar-refractivity contribution >= 4 is 21.9 Å². The van der Waals surface area contributed by atoms with Crippen LogP contribution >= 0.6 is 0 Å². The first-order valence-electron chi connectivity index (χ1n) is 10.0. The molecule has 0 aromatic heterocycles. The van der Waals surface area contributed by atoms with Gasteiger partial charge >= 0.3 is 5.97 Å². The van der Waals surface area contributed by atoms with Crippen molar-refractivity contribution in [1.82, 2.24) is 4.90 Å². The summed E-state index contributed by atoms with van der Waals surface area (Å²) in [6.45, 7) is 1.92. The molecule has 7 nitrogen and oxygen atoms in total. The van der Waals surface area contributed by atoms with E-state index in [-0.39, 0.29) is 13.1 Å². The standard InChI is InChI=1S/C24H23FN2O5S/c1-17(32-24(29)21-14-20(33(26,30)31)12-13-22(21)25)23(28)27(15-18-8-4-2-5-9-18)16-19-10-6-3-7-11-19/h2-14,17H,15-16H2,1H3,(H2,26,30,31). The van der Waals surface area contributed by atoms with Crippen molar-refractivity contribution < 1.29 is 27.1 Å². The topological polar surface area (TPSA) is 107 Å². The second-order valence-corrected chi connectivity index (χ2v) is 8.96. The number of primary sulfonamides is 1. The summed E-state index contributed by atoms with van der Waals surface area (Å²) in [5, 5.41) is 5.05. The van der Waals surface area contributed by atoms with E-state index in [2.05, 4.69) is 0 Å². The Morgan fingerprint density at radius 2 is 1.45 bits per heavy atom. The Kier molecular flexibility index (Phi) is 7.57. The molecule has 0 spiro atoms. The number of nitrogens with zero attached hydrogens (tertiary/aromatic N) is 1. The number of hydrogen-bond acceptors (Lipinski definition) is 5. The first kappa shape index (κ1) is 24.1. The molecule has 3 aromatic rings. The van der Waals surface area contributed by atoms with Crippen LogP contribution in [-0.4, -0.2) is 31.3 Å². The van der Waals surface area contributed by atoms with Crippen LogP contribution in [-0.2, 0) is 32.6 Å². The molecule has 33 heavy (non-hydrogen) atoms. The summed E-state index contributed by atoms with van der Waals surface area (Å²) in [5.41, 5.74) is 1.14. The van der Waals surface area contributed by atoms with Crippen LogP contribution in [0.2, 0.25) is 0 Å². The molecule has 0 aliphatic carbocycles. The Morgan fingerprint density at radius 3 is 1.94 bits per heavy atom. The van der Waals surface area contributed by atoms with E-state index in [1.807, 2.05) is 60.7 Å². The van der Waals surface area contributed by atoms with E-state index in [9.17, 15) is 22.4 Å². The van der Waals surface area contributed by atoms with E-state index in [0.29, 0.717) is 0 Å². The highest BCUT2D eigenvalue weighted by atomic mass is 32.2. The number of hydrogen-bond donors (Lipinski definition) is 1. The monoisotopic (exact) mass is 470 g/mol. The van der Waals surface area contributed by atoms with Crippen LogP contribution in [0.5, 0.6) is 0 Å². The van der Waals surface area contributed by atoms with E-state index in [1.54, 1.807) is 0 Å². The first-order chi connectivity index (χ1) is 15.6. The normalized spacial score (nSPS) is 12.1. The lowest BCUT2D eigenvalue weighted by Gasteiger charge is -2.26. The molecule has 172 valence electrons. The average Bonchev–Trinajstić information content (AvgIpc) is 2.79. The van der Waals surface area contributed by atoms with E-state index < -0.39 is 44.3 Å². The molecular weight excluding hydrogens is 447 g/mol. The summed E-state index contributed by atoms with van der Waals surface area (Å²) >= 11 is 0. The lowest BCUT2D eigenvalue weighted by molar-refractivity contribution is -0.141. The van der Waals surface area contributed by atoms with Crippen LogP contribution in [0.4, 0.5) is 4.39 Å². The maximum Gasteiger partial charge on any atom is 0.341 e. The third-order valence-electron chi connectivity index (χ3n) is 4.86. The molecule has 0 aliphatic heterocycles. The molecule has 0 fully saturated rings. The first-order valence-corrected chi connectivity index (χ1v) is 11.6. The second-order valence-electron chi connectivity index (χ2n) is 7.40. The van der Waals surface area contributed by atoms with Gasteiger partial charge in [0, 0.05) is 13.1 Å². The van der Waals surface area contributed by atoms with Crippen LogP contribution in [0.25, 0.3) is 0 Å². The van der Waals surface area contributed by atoms with Crippen molar-refractivity contribution in [3.63, 3.8) is 0 Å². The molecule has 0 radical (unpaired) electrons. The smallest absolute Gasteiger partial charge is 0.341 e. The summed E-state index contributed by atoms with van der Waals surface area (Å²) < 4.78 is 42.4. The number of carbonyl (C=O) groups is 2. The van der Waals surface area contributed by atoms with Crippen molar-refractivity contribution in [3.8, 4) is 0 Å². The molecule has 3 aromatic carbocycles. The molecule has 0 bridgehead atoms. The number of carbonyl (C=O) groups excluding carboxylic acids is 2. The van der Waals surface area contributed by atoms with Crippen LogP contribution in [0.15, 0.2) is 83.8 Å². The Balaban J connectivity index is 1.80. The van der Waals surface area contributed by atoms with Gasteiger partial charge in [-0.1, -0.05) is 60.7 Å². The second kappa shape index (κ2) is 10.4. The number of amides is 1. The fourth-order valence-corrected chi connectivity index (χ4v) is 3.73. The van der Waals surface area contributed by atoms with Gasteiger partial charge in [-0.15, -0.1) is 0 Å². The van der Waals surface area contributed by atoms with E-state index in [1.165, 1.54) is 11.8 Å². The minimum absolute atomic E-state index is 0.270.